The minimum atomic E-state index is 0. The van der Waals surface area contributed by atoms with E-state index in [4.69, 9.17) is 4.98 Å². The van der Waals surface area contributed by atoms with Gasteiger partial charge in [-0.1, -0.05) is 179 Å². The molecule has 0 fully saturated rings. The first-order valence-corrected chi connectivity index (χ1v) is 20.1. The van der Waals surface area contributed by atoms with Crippen LogP contribution in [0.15, 0.2) is 212 Å². The molecular formula is C54H35IrN3S-2. The van der Waals surface area contributed by atoms with E-state index < -0.39 is 0 Å². The van der Waals surface area contributed by atoms with Crippen molar-refractivity contribution >= 4 is 43.2 Å². The van der Waals surface area contributed by atoms with Gasteiger partial charge in [0.2, 0.25) is 0 Å². The van der Waals surface area contributed by atoms with Crippen molar-refractivity contribution in [2.75, 3.05) is 0 Å². The predicted octanol–water partition coefficient (Wildman–Crippen LogP) is 14.4. The fourth-order valence-electron chi connectivity index (χ4n) is 7.77. The van der Waals surface area contributed by atoms with Gasteiger partial charge in [0, 0.05) is 37.4 Å². The van der Waals surface area contributed by atoms with Crippen molar-refractivity contribution in [1.29, 1.82) is 0 Å². The number of nitrogens with zero attached hydrogens (tertiary/aromatic N) is 3. The van der Waals surface area contributed by atoms with Crippen LogP contribution in [0.3, 0.4) is 0 Å². The Balaban J connectivity index is 0.000000297. The van der Waals surface area contributed by atoms with Crippen LogP contribution < -0.4 is 0 Å². The number of rotatable bonds is 6. The van der Waals surface area contributed by atoms with Crippen molar-refractivity contribution in [1.82, 2.24) is 14.5 Å². The zero-order valence-corrected chi connectivity index (χ0v) is 35.0. The molecule has 11 aromatic rings. The van der Waals surface area contributed by atoms with E-state index in [-0.39, 0.29) is 20.1 Å². The van der Waals surface area contributed by atoms with Gasteiger partial charge < -0.3 is 9.55 Å². The van der Waals surface area contributed by atoms with E-state index in [1.54, 1.807) is 17.5 Å². The van der Waals surface area contributed by atoms with Gasteiger partial charge in [-0.25, -0.2) is 0 Å². The predicted molar refractivity (Wildman–Crippen MR) is 243 cm³/mol. The molecule has 1 radical (unpaired) electrons. The molecule has 0 aliphatic rings. The fraction of sp³-hybridized carbons (Fsp3) is 0. The first-order chi connectivity index (χ1) is 28.8. The smallest absolute Gasteiger partial charge is 0.0774 e. The van der Waals surface area contributed by atoms with Gasteiger partial charge in [-0.15, -0.1) is 41.3 Å². The topological polar surface area (TPSA) is 30.7 Å². The number of pyridine rings is 1. The fourth-order valence-corrected chi connectivity index (χ4v) is 8.59. The van der Waals surface area contributed by atoms with Crippen LogP contribution in [0.4, 0.5) is 0 Å². The van der Waals surface area contributed by atoms with Crippen LogP contribution in [-0.2, 0) is 20.1 Å². The Bertz CT molecular complexity index is 3060. The first kappa shape index (κ1) is 37.8. The summed E-state index contributed by atoms with van der Waals surface area (Å²) in [7, 11) is 0. The summed E-state index contributed by atoms with van der Waals surface area (Å²) in [5.41, 5.74) is 13.2. The molecule has 0 unspecified atom stereocenters. The standard InChI is InChI=1S/C43H27N2S.C11H8N.Ir/c1-3-13-30(14-4-1)35-21-12-22-36(31-15-5-2-6-16-31)42(35)45-40-24-10-9-23-39(40)44-43(45)38-28-46-41-26-25-32(27-37(38)41)34-20-11-18-29-17-7-8-19-33(29)34;1-2-6-10(7-3-1)11-8-4-5-9-12-11;/h1-27H;1-6,8-9H;/q2*-1;. The molecule has 11 rings (SSSR count). The number of benzene rings is 8. The van der Waals surface area contributed by atoms with Crippen LogP contribution >= 0.6 is 11.3 Å². The average Bonchev–Trinajstić information content (AvgIpc) is 3.91. The third-order valence-electron chi connectivity index (χ3n) is 10.5. The zero-order valence-electron chi connectivity index (χ0n) is 31.8. The minimum absolute atomic E-state index is 0. The molecule has 0 aliphatic carbocycles. The maximum Gasteiger partial charge on any atom is 0.0774 e. The molecule has 0 saturated carbocycles. The molecule has 3 heterocycles. The second-order valence-electron chi connectivity index (χ2n) is 14.0. The number of para-hydroxylation sites is 3. The van der Waals surface area contributed by atoms with Crippen molar-refractivity contribution in [3.63, 3.8) is 0 Å². The normalized spacial score (nSPS) is 10.9. The molecule has 5 heteroatoms. The molecule has 0 N–H and O–H groups in total. The van der Waals surface area contributed by atoms with Gasteiger partial charge in [0.1, 0.15) is 0 Å². The second-order valence-corrected chi connectivity index (χ2v) is 14.8. The van der Waals surface area contributed by atoms with Crippen molar-refractivity contribution in [3.05, 3.63) is 224 Å². The molecule has 0 amide bonds. The van der Waals surface area contributed by atoms with E-state index in [0.29, 0.717) is 0 Å². The average molecular weight is 950 g/mol. The Morgan fingerprint density at radius 3 is 1.92 bits per heavy atom. The Morgan fingerprint density at radius 2 is 1.17 bits per heavy atom. The van der Waals surface area contributed by atoms with Gasteiger partial charge in [0.05, 0.1) is 22.5 Å². The number of hydrogen-bond acceptors (Lipinski definition) is 3. The first-order valence-electron chi connectivity index (χ1n) is 19.3. The van der Waals surface area contributed by atoms with Crippen molar-refractivity contribution < 1.29 is 20.1 Å². The molecule has 0 aliphatic heterocycles. The van der Waals surface area contributed by atoms with Crippen LogP contribution in [0, 0.1) is 11.4 Å². The third-order valence-corrected chi connectivity index (χ3v) is 11.4. The van der Waals surface area contributed by atoms with Gasteiger partial charge in [-0.2, -0.15) is 0 Å². The third kappa shape index (κ3) is 7.44. The Morgan fingerprint density at radius 1 is 0.508 bits per heavy atom. The number of aromatic nitrogens is 3. The minimum Gasteiger partial charge on any atom is -0.332 e. The van der Waals surface area contributed by atoms with Gasteiger partial charge in [0.25, 0.3) is 0 Å². The number of fused-ring (bicyclic) bond motifs is 3. The summed E-state index contributed by atoms with van der Waals surface area (Å²) < 4.78 is 3.56. The molecule has 3 aromatic heterocycles. The van der Waals surface area contributed by atoms with Gasteiger partial charge >= 0.3 is 0 Å². The Kier molecular flexibility index (Phi) is 10.9. The molecule has 59 heavy (non-hydrogen) atoms. The number of hydrogen-bond donors (Lipinski definition) is 0. The summed E-state index contributed by atoms with van der Waals surface area (Å²) >= 11 is 1.65. The molecule has 8 aromatic carbocycles. The van der Waals surface area contributed by atoms with E-state index in [9.17, 15) is 0 Å². The van der Waals surface area contributed by atoms with Crippen LogP contribution in [0.25, 0.3) is 93.6 Å². The molecule has 3 nitrogen and oxygen atoms in total. The molecule has 0 spiro atoms. The SMILES string of the molecule is [Ir].[c-]1ccccc1-c1ccccn1.[c-]1sc2ccc(-c3cccc4ccccc34)cc2c1-c1nc2ccccc2n1-c1c(-c2ccccc2)cccc1-c1ccccc1. The quantitative estimate of drug-likeness (QED) is 0.156. The summed E-state index contributed by atoms with van der Waals surface area (Å²) in [6.45, 7) is 0. The number of imidazole rings is 1. The van der Waals surface area contributed by atoms with Gasteiger partial charge in [-0.3, -0.25) is 16.3 Å². The Labute approximate surface area is 361 Å². The molecule has 0 bridgehead atoms. The van der Waals surface area contributed by atoms with E-state index in [1.165, 1.54) is 26.6 Å². The summed E-state index contributed by atoms with van der Waals surface area (Å²) in [5, 5.41) is 7.34. The zero-order chi connectivity index (χ0) is 38.7. The molecule has 0 saturated heterocycles. The monoisotopic (exact) mass is 950 g/mol. The molecular weight excluding hydrogens is 915 g/mol. The summed E-state index contributed by atoms with van der Waals surface area (Å²) in [5.74, 6) is 0.892. The van der Waals surface area contributed by atoms with Crippen LogP contribution in [0.5, 0.6) is 0 Å². The van der Waals surface area contributed by atoms with Crippen LogP contribution in [0.2, 0.25) is 0 Å². The summed E-state index contributed by atoms with van der Waals surface area (Å²) in [6.07, 6.45) is 1.79. The molecule has 283 valence electrons. The van der Waals surface area contributed by atoms with Crippen LogP contribution in [-0.4, -0.2) is 14.5 Å². The summed E-state index contributed by atoms with van der Waals surface area (Å²) in [4.78, 5) is 9.56. The van der Waals surface area contributed by atoms with E-state index in [1.807, 2.05) is 42.5 Å². The van der Waals surface area contributed by atoms with Crippen molar-refractivity contribution in [3.8, 4) is 61.7 Å². The van der Waals surface area contributed by atoms with E-state index in [2.05, 4.69) is 185 Å². The maximum absolute atomic E-state index is 5.34. The van der Waals surface area contributed by atoms with Gasteiger partial charge in [-0.05, 0) is 56.9 Å². The maximum atomic E-state index is 5.34. The van der Waals surface area contributed by atoms with Crippen molar-refractivity contribution in [2.24, 2.45) is 0 Å². The summed E-state index contributed by atoms with van der Waals surface area (Å²) in [6, 6.07) is 75.2. The number of thiophene rings is 1. The Hall–Kier alpha value is -6.75. The van der Waals surface area contributed by atoms with Crippen LogP contribution in [0.1, 0.15) is 0 Å². The van der Waals surface area contributed by atoms with Gasteiger partial charge in [0.15, 0.2) is 0 Å². The van der Waals surface area contributed by atoms with E-state index in [0.717, 1.165) is 67.0 Å². The largest absolute Gasteiger partial charge is 0.332 e. The second kappa shape index (κ2) is 17.0. The van der Waals surface area contributed by atoms with E-state index >= 15 is 0 Å². The molecule has 0 atom stereocenters. The van der Waals surface area contributed by atoms with Crippen molar-refractivity contribution in [2.45, 2.75) is 0 Å².